The maximum atomic E-state index is 14.9. The number of carboxylic acids is 1. The molecule has 0 radical (unpaired) electrons. The number of likely N-dealkylation sites (tertiary alicyclic amines) is 1. The fourth-order valence-corrected chi connectivity index (χ4v) is 5.03. The molecule has 1 aliphatic rings. The largest absolute Gasteiger partial charge is 0.480 e. The van der Waals surface area contributed by atoms with E-state index in [0.717, 1.165) is 9.21 Å². The van der Waals surface area contributed by atoms with Gasteiger partial charge in [0.05, 0.1) is 11.9 Å². The Hall–Kier alpha value is -3.84. The molecule has 1 aromatic carbocycles. The highest BCUT2D eigenvalue weighted by Gasteiger charge is 2.43. The molecule has 3 heterocycles. The fraction of sp³-hybridized carbons (Fsp3) is 0.304. The number of halogens is 1. The molecule has 0 bridgehead atoms. The molecule has 3 atom stereocenters. The lowest BCUT2D eigenvalue weighted by molar-refractivity contribution is -0.148. The van der Waals surface area contributed by atoms with Crippen molar-refractivity contribution in [2.75, 3.05) is 35.6 Å². The number of nitrogens with two attached hydrogens (primary N) is 1. The van der Waals surface area contributed by atoms with E-state index in [-0.39, 0.29) is 36.5 Å². The molecule has 1 fully saturated rings. The molecule has 4 N–H and O–H groups in total. The number of carbonyl (C=O) groups excluding carboxylic acids is 1. The van der Waals surface area contributed by atoms with Gasteiger partial charge < -0.3 is 20.6 Å². The minimum Gasteiger partial charge on any atom is -0.480 e. The molecule has 1 amide bonds. The van der Waals surface area contributed by atoms with E-state index >= 15 is 0 Å². The third-order valence-electron chi connectivity index (χ3n) is 6.14. The summed E-state index contributed by atoms with van der Waals surface area (Å²) in [4.78, 5) is 36.5. The number of aliphatic carboxylic acids is 1. The second kappa shape index (κ2) is 10.0. The number of rotatable bonds is 8. The van der Waals surface area contributed by atoms with Gasteiger partial charge in [-0.2, -0.15) is 0 Å². The minimum absolute atomic E-state index is 0.0173. The van der Waals surface area contributed by atoms with Crippen LogP contribution in [0.3, 0.4) is 0 Å². The number of hydrogen-bond donors (Lipinski definition) is 3. The first-order valence-corrected chi connectivity index (χ1v) is 12.0. The van der Waals surface area contributed by atoms with Crippen LogP contribution in [0.25, 0.3) is 10.8 Å². The van der Waals surface area contributed by atoms with Crippen molar-refractivity contribution in [3.63, 3.8) is 0 Å². The van der Waals surface area contributed by atoms with Gasteiger partial charge in [0.15, 0.2) is 0 Å². The van der Waals surface area contributed by atoms with Crippen LogP contribution < -0.4 is 14.9 Å². The van der Waals surface area contributed by atoms with Gasteiger partial charge in [-0.3, -0.25) is 13.7 Å². The molecule has 1 unspecified atom stereocenters. The Kier molecular flexibility index (Phi) is 7.04. The number of benzene rings is 1. The Bertz CT molecular complexity index is 1340. The van der Waals surface area contributed by atoms with Crippen LogP contribution in [0, 0.1) is 5.82 Å². The molecule has 1 aliphatic heterocycles. The van der Waals surface area contributed by atoms with Crippen LogP contribution in [0.1, 0.15) is 12.0 Å². The van der Waals surface area contributed by atoms with Gasteiger partial charge in [0.1, 0.15) is 29.5 Å². The van der Waals surface area contributed by atoms with Crippen LogP contribution in [0.15, 0.2) is 42.7 Å². The van der Waals surface area contributed by atoms with Crippen LogP contribution in [-0.4, -0.2) is 73.3 Å². The number of hydrogen-bond acceptors (Lipinski definition) is 7. The Labute approximate surface area is 208 Å². The van der Waals surface area contributed by atoms with Crippen molar-refractivity contribution in [3.8, 4) is 0 Å². The summed E-state index contributed by atoms with van der Waals surface area (Å²) < 4.78 is 38.0. The van der Waals surface area contributed by atoms with Crippen molar-refractivity contribution >= 4 is 51.2 Å². The van der Waals surface area contributed by atoms with Crippen molar-refractivity contribution in [2.24, 2.45) is 0 Å². The smallest absolute Gasteiger partial charge is 0.326 e. The van der Waals surface area contributed by atoms with Gasteiger partial charge in [0.25, 0.3) is 11.3 Å². The maximum absolute atomic E-state index is 14.9. The Morgan fingerprint density at radius 3 is 2.67 bits per heavy atom. The number of amides is 1. The molecule has 1 saturated heterocycles. The third kappa shape index (κ3) is 4.79. The lowest BCUT2D eigenvalue weighted by Gasteiger charge is -2.28. The predicted octanol–water partition coefficient (Wildman–Crippen LogP) is 1.66. The number of anilines is 3. The molecule has 190 valence electrons. The zero-order chi connectivity index (χ0) is 26.1. The highest BCUT2D eigenvalue weighted by Crippen LogP contribution is 2.29. The van der Waals surface area contributed by atoms with Crippen LogP contribution in [0.5, 0.6) is 0 Å². The molecule has 11 nitrogen and oxygen atoms in total. The van der Waals surface area contributed by atoms with Gasteiger partial charge in [0, 0.05) is 38.6 Å². The third-order valence-corrected chi connectivity index (χ3v) is 6.95. The van der Waals surface area contributed by atoms with Crippen LogP contribution in [0.2, 0.25) is 0 Å². The highest BCUT2D eigenvalue weighted by atomic mass is 32.2. The molecule has 2 aromatic heterocycles. The Morgan fingerprint density at radius 1 is 1.31 bits per heavy atom. The van der Waals surface area contributed by atoms with Crippen LogP contribution in [-0.2, 0) is 27.3 Å². The van der Waals surface area contributed by atoms with Crippen LogP contribution in [0.4, 0.5) is 21.7 Å². The molecule has 4 rings (SSSR count). The van der Waals surface area contributed by atoms with E-state index < -0.39 is 41.0 Å². The summed E-state index contributed by atoms with van der Waals surface area (Å²) in [5.41, 5.74) is 6.14. The summed E-state index contributed by atoms with van der Waals surface area (Å²) in [6.45, 7) is 0.0173. The number of carboxylic acid groups (broad SMARTS) is 1. The lowest BCUT2D eigenvalue weighted by atomic mass is 10.0. The van der Waals surface area contributed by atoms with E-state index in [1.54, 1.807) is 37.2 Å². The Balaban J connectivity index is 1.61. The monoisotopic (exact) mass is 516 g/mol. The average Bonchev–Trinajstić information content (AvgIpc) is 3.19. The first-order valence-electron chi connectivity index (χ1n) is 11.0. The summed E-state index contributed by atoms with van der Waals surface area (Å²) in [6, 6.07) is 5.05. The number of aromatic nitrogens is 2. The molecule has 0 saturated carbocycles. The lowest BCUT2D eigenvalue weighted by Crippen LogP contribution is -2.48. The SMILES string of the molecule is CN(C)c1ccc(N([C@H]2CCN([C@H](Cc3cc4ccnc(N)c4cc3F)C(=O)O)C2=O)S(=O)O)cn1. The number of fused-ring (bicyclic) bond motifs is 1. The first kappa shape index (κ1) is 25.3. The zero-order valence-electron chi connectivity index (χ0n) is 19.5. The molecule has 36 heavy (non-hydrogen) atoms. The predicted molar refractivity (Wildman–Crippen MR) is 133 cm³/mol. The van der Waals surface area contributed by atoms with Crippen LogP contribution >= 0.6 is 0 Å². The number of pyridine rings is 2. The molecule has 3 aromatic rings. The van der Waals surface area contributed by atoms with Gasteiger partial charge in [-0.05, 0) is 47.7 Å². The zero-order valence-corrected chi connectivity index (χ0v) is 20.4. The van der Waals surface area contributed by atoms with Gasteiger partial charge in [-0.1, -0.05) is 0 Å². The molecular weight excluding hydrogens is 491 g/mol. The van der Waals surface area contributed by atoms with Crippen molar-refractivity contribution in [3.05, 3.63) is 54.1 Å². The summed E-state index contributed by atoms with van der Waals surface area (Å²) in [5.74, 6) is -1.86. The quantitative estimate of drug-likeness (QED) is 0.379. The molecular formula is C23H25FN6O5S. The maximum Gasteiger partial charge on any atom is 0.326 e. The standard InChI is InChI=1S/C23H25FN6O5S/c1-28(2)20-4-3-15(12-27-20)30(36(34)35)18-6-8-29(22(18)31)19(23(32)33)10-14-9-13-5-7-26-21(25)16(13)11-17(14)24/h3-5,7,9,11-12,18-19H,6,8,10H2,1-2H3,(H2,25,26)(H,32,33)(H,34,35)/t18-,19+/m0/s1. The van der Waals surface area contributed by atoms with Crippen molar-refractivity contribution in [1.29, 1.82) is 0 Å². The molecule has 0 spiro atoms. The summed E-state index contributed by atoms with van der Waals surface area (Å²) in [6.07, 6.45) is 2.65. The van der Waals surface area contributed by atoms with Gasteiger partial charge in [-0.15, -0.1) is 0 Å². The van der Waals surface area contributed by atoms with E-state index in [0.29, 0.717) is 16.6 Å². The first-order chi connectivity index (χ1) is 17.1. The van der Waals surface area contributed by atoms with Crippen molar-refractivity contribution in [2.45, 2.75) is 24.9 Å². The fourth-order valence-electron chi connectivity index (χ4n) is 4.33. The molecule has 0 aliphatic carbocycles. The Morgan fingerprint density at radius 2 is 2.06 bits per heavy atom. The van der Waals surface area contributed by atoms with E-state index in [2.05, 4.69) is 9.97 Å². The number of nitrogens with zero attached hydrogens (tertiary/aromatic N) is 5. The minimum atomic E-state index is -2.57. The second-order valence-corrected chi connectivity index (χ2v) is 9.44. The van der Waals surface area contributed by atoms with Crippen molar-refractivity contribution < 1.29 is 27.8 Å². The summed E-state index contributed by atoms with van der Waals surface area (Å²) in [7, 11) is 3.58. The van der Waals surface area contributed by atoms with Gasteiger partial charge in [0.2, 0.25) is 5.91 Å². The summed E-state index contributed by atoms with van der Waals surface area (Å²) >= 11 is -2.57. The van der Waals surface area contributed by atoms with E-state index in [9.17, 15) is 27.8 Å². The average molecular weight is 517 g/mol. The highest BCUT2D eigenvalue weighted by molar-refractivity contribution is 7.80. The van der Waals surface area contributed by atoms with E-state index in [1.165, 1.54) is 24.5 Å². The van der Waals surface area contributed by atoms with Gasteiger partial charge >= 0.3 is 5.97 Å². The summed E-state index contributed by atoms with van der Waals surface area (Å²) in [5, 5.41) is 10.9. The number of nitrogen functional groups attached to an aromatic ring is 1. The topological polar surface area (TPSA) is 153 Å². The second-order valence-electron chi connectivity index (χ2n) is 8.58. The van der Waals surface area contributed by atoms with Crippen molar-refractivity contribution in [1.82, 2.24) is 14.9 Å². The van der Waals surface area contributed by atoms with Gasteiger partial charge in [-0.25, -0.2) is 23.4 Å². The molecule has 13 heteroatoms. The normalized spacial score (nSPS) is 17.3. The number of carbonyl (C=O) groups is 2. The van der Waals surface area contributed by atoms with E-state index in [4.69, 9.17) is 5.73 Å². The van der Waals surface area contributed by atoms with E-state index in [1.807, 2.05) is 0 Å².